The Hall–Kier alpha value is 0.240. The molecule has 0 bridgehead atoms. The molecule has 1 aliphatic carbocycles. The van der Waals surface area contributed by atoms with E-state index in [0.717, 1.165) is 23.5 Å². The Kier molecular flexibility index (Phi) is 4.96. The van der Waals surface area contributed by atoms with Gasteiger partial charge in [-0.3, -0.25) is 4.90 Å². The van der Waals surface area contributed by atoms with Crippen molar-refractivity contribution in [1.29, 1.82) is 0 Å². The van der Waals surface area contributed by atoms with Crippen molar-refractivity contribution in [2.45, 2.75) is 31.7 Å². The number of halogens is 2. The summed E-state index contributed by atoms with van der Waals surface area (Å²) in [5.74, 6) is 0.835. The Balaban J connectivity index is 1.81. The quantitative estimate of drug-likeness (QED) is 0.820. The summed E-state index contributed by atoms with van der Waals surface area (Å²) in [6.45, 7) is 4.36. The van der Waals surface area contributed by atoms with Crippen molar-refractivity contribution in [3.8, 4) is 0 Å². The normalized spacial score (nSPS) is 24.1. The molecule has 1 aliphatic heterocycles. The van der Waals surface area contributed by atoms with E-state index in [1.54, 1.807) is 0 Å². The SMILES string of the molecule is ClC=C(Cl)CN(CC1CCNCC1)C1CC1. The van der Waals surface area contributed by atoms with Crippen LogP contribution in [0.3, 0.4) is 0 Å². The highest BCUT2D eigenvalue weighted by atomic mass is 35.5. The van der Waals surface area contributed by atoms with Crippen molar-refractivity contribution in [2.24, 2.45) is 5.92 Å². The fourth-order valence-electron chi connectivity index (χ4n) is 2.41. The molecule has 0 aromatic heterocycles. The minimum atomic E-state index is 0.764. The molecule has 0 amide bonds. The molecule has 2 rings (SSSR count). The number of piperidine rings is 1. The second-order valence-corrected chi connectivity index (χ2v) is 5.61. The molecule has 16 heavy (non-hydrogen) atoms. The number of hydrogen-bond donors (Lipinski definition) is 1. The van der Waals surface area contributed by atoms with Crippen LogP contribution in [0, 0.1) is 5.92 Å². The van der Waals surface area contributed by atoms with Crippen molar-refractivity contribution >= 4 is 23.2 Å². The van der Waals surface area contributed by atoms with Crippen LogP contribution in [0.15, 0.2) is 10.6 Å². The Bertz CT molecular complexity index is 245. The van der Waals surface area contributed by atoms with Gasteiger partial charge in [-0.2, -0.15) is 0 Å². The van der Waals surface area contributed by atoms with E-state index in [9.17, 15) is 0 Å². The third kappa shape index (κ3) is 3.92. The molecule has 0 aromatic carbocycles. The van der Waals surface area contributed by atoms with Crippen LogP contribution < -0.4 is 5.32 Å². The van der Waals surface area contributed by atoms with Crippen molar-refractivity contribution in [3.05, 3.63) is 10.6 Å². The van der Waals surface area contributed by atoms with Crippen LogP contribution in [0.2, 0.25) is 0 Å². The molecular formula is C12H20Cl2N2. The maximum atomic E-state index is 6.02. The van der Waals surface area contributed by atoms with Crippen LogP contribution in [-0.2, 0) is 0 Å². The largest absolute Gasteiger partial charge is 0.317 e. The number of rotatable bonds is 5. The maximum absolute atomic E-state index is 6.02. The third-order valence-corrected chi connectivity index (χ3v) is 4.09. The molecule has 0 unspecified atom stereocenters. The standard InChI is InChI=1S/C12H20Cl2N2/c13-7-11(14)9-16(12-1-2-12)8-10-3-5-15-6-4-10/h7,10,12,15H,1-6,8-9H2. The monoisotopic (exact) mass is 262 g/mol. The zero-order chi connectivity index (χ0) is 11.4. The first kappa shape index (κ1) is 12.7. The van der Waals surface area contributed by atoms with Crippen LogP contribution in [-0.4, -0.2) is 37.1 Å². The Labute approximate surface area is 108 Å². The summed E-state index contributed by atoms with van der Waals surface area (Å²) in [7, 11) is 0. The average Bonchev–Trinajstić information content (AvgIpc) is 3.13. The minimum absolute atomic E-state index is 0.764. The fourth-order valence-corrected chi connectivity index (χ4v) is 2.63. The lowest BCUT2D eigenvalue weighted by Gasteiger charge is -2.30. The van der Waals surface area contributed by atoms with E-state index in [0.29, 0.717) is 0 Å². The first-order valence-corrected chi connectivity index (χ1v) is 7.00. The second kappa shape index (κ2) is 6.25. The van der Waals surface area contributed by atoms with Gasteiger partial charge in [-0.25, -0.2) is 0 Å². The lowest BCUT2D eigenvalue weighted by atomic mass is 9.97. The van der Waals surface area contributed by atoms with Gasteiger partial charge in [0, 0.05) is 29.7 Å². The lowest BCUT2D eigenvalue weighted by Crippen LogP contribution is -2.37. The smallest absolute Gasteiger partial charge is 0.0434 e. The molecule has 0 radical (unpaired) electrons. The van der Waals surface area contributed by atoms with Crippen molar-refractivity contribution in [1.82, 2.24) is 10.2 Å². The highest BCUT2D eigenvalue weighted by Gasteiger charge is 2.31. The summed E-state index contributed by atoms with van der Waals surface area (Å²) in [5.41, 5.74) is 1.50. The van der Waals surface area contributed by atoms with E-state index in [4.69, 9.17) is 23.2 Å². The number of nitrogens with zero attached hydrogens (tertiary/aromatic N) is 1. The van der Waals surface area contributed by atoms with Crippen molar-refractivity contribution in [3.63, 3.8) is 0 Å². The molecular weight excluding hydrogens is 243 g/mol. The average molecular weight is 263 g/mol. The second-order valence-electron chi connectivity index (χ2n) is 4.91. The summed E-state index contributed by atoms with van der Waals surface area (Å²) in [6, 6.07) is 0.764. The van der Waals surface area contributed by atoms with Crippen LogP contribution in [0.25, 0.3) is 0 Å². The first-order valence-electron chi connectivity index (χ1n) is 6.19. The highest BCUT2D eigenvalue weighted by Crippen LogP contribution is 2.30. The van der Waals surface area contributed by atoms with E-state index in [1.807, 2.05) is 0 Å². The van der Waals surface area contributed by atoms with Gasteiger partial charge in [0.25, 0.3) is 0 Å². The lowest BCUT2D eigenvalue weighted by molar-refractivity contribution is 0.213. The summed E-state index contributed by atoms with van der Waals surface area (Å²) < 4.78 is 0. The van der Waals surface area contributed by atoms with Gasteiger partial charge >= 0.3 is 0 Å². The van der Waals surface area contributed by atoms with Gasteiger partial charge in [0.1, 0.15) is 0 Å². The van der Waals surface area contributed by atoms with Crippen molar-refractivity contribution < 1.29 is 0 Å². The Morgan fingerprint density at radius 3 is 2.50 bits per heavy atom. The van der Waals surface area contributed by atoms with E-state index in [-0.39, 0.29) is 0 Å². The summed E-state index contributed by atoms with van der Waals surface area (Å²) in [6.07, 6.45) is 5.26. The molecule has 4 heteroatoms. The summed E-state index contributed by atoms with van der Waals surface area (Å²) in [5, 5.41) is 4.17. The summed E-state index contributed by atoms with van der Waals surface area (Å²) >= 11 is 11.7. The van der Waals surface area contributed by atoms with Gasteiger partial charge in [0.2, 0.25) is 0 Å². The predicted molar refractivity (Wildman–Crippen MR) is 70.0 cm³/mol. The zero-order valence-electron chi connectivity index (χ0n) is 9.59. The van der Waals surface area contributed by atoms with Crippen LogP contribution in [0.5, 0.6) is 0 Å². The predicted octanol–water partition coefficient (Wildman–Crippen LogP) is 2.77. The number of hydrogen-bond acceptors (Lipinski definition) is 2. The van der Waals surface area contributed by atoms with Gasteiger partial charge in [-0.15, -0.1) is 0 Å². The molecule has 0 spiro atoms. The molecule has 1 saturated carbocycles. The molecule has 92 valence electrons. The molecule has 2 aliphatic rings. The van der Waals surface area contributed by atoms with Crippen LogP contribution in [0.4, 0.5) is 0 Å². The molecule has 2 fully saturated rings. The fraction of sp³-hybridized carbons (Fsp3) is 0.833. The molecule has 1 heterocycles. The van der Waals surface area contributed by atoms with Gasteiger partial charge in [0.05, 0.1) is 0 Å². The van der Waals surface area contributed by atoms with Gasteiger partial charge in [0.15, 0.2) is 0 Å². The topological polar surface area (TPSA) is 15.3 Å². The summed E-state index contributed by atoms with van der Waals surface area (Å²) in [4.78, 5) is 2.51. The van der Waals surface area contributed by atoms with Crippen LogP contribution >= 0.6 is 23.2 Å². The highest BCUT2D eigenvalue weighted by molar-refractivity contribution is 6.36. The maximum Gasteiger partial charge on any atom is 0.0434 e. The zero-order valence-corrected chi connectivity index (χ0v) is 11.1. The van der Waals surface area contributed by atoms with E-state index in [1.165, 1.54) is 50.9 Å². The third-order valence-electron chi connectivity index (χ3n) is 3.49. The van der Waals surface area contributed by atoms with E-state index < -0.39 is 0 Å². The Morgan fingerprint density at radius 2 is 1.94 bits per heavy atom. The number of nitrogens with one attached hydrogen (secondary N) is 1. The molecule has 0 atom stereocenters. The van der Waals surface area contributed by atoms with E-state index >= 15 is 0 Å². The minimum Gasteiger partial charge on any atom is -0.317 e. The Morgan fingerprint density at radius 1 is 1.25 bits per heavy atom. The van der Waals surface area contributed by atoms with Gasteiger partial charge in [-0.1, -0.05) is 23.2 Å². The molecule has 2 nitrogen and oxygen atoms in total. The molecule has 1 saturated heterocycles. The van der Waals surface area contributed by atoms with Gasteiger partial charge < -0.3 is 5.32 Å². The van der Waals surface area contributed by atoms with E-state index in [2.05, 4.69) is 10.2 Å². The van der Waals surface area contributed by atoms with Gasteiger partial charge in [-0.05, 0) is 44.7 Å². The molecule has 0 aromatic rings. The first-order chi connectivity index (χ1) is 7.79. The van der Waals surface area contributed by atoms with Crippen LogP contribution in [0.1, 0.15) is 25.7 Å². The van der Waals surface area contributed by atoms with Crippen molar-refractivity contribution in [2.75, 3.05) is 26.2 Å². The molecule has 1 N–H and O–H groups in total.